The molecule has 0 spiro atoms. The van der Waals surface area contributed by atoms with Crippen molar-refractivity contribution in [2.45, 2.75) is 13.1 Å². The Morgan fingerprint density at radius 1 is 1.24 bits per heavy atom. The number of hydrogen-bond donors (Lipinski definition) is 0. The Kier molecular flexibility index (Phi) is 4.19. The molecule has 0 aliphatic carbocycles. The van der Waals surface area contributed by atoms with Gasteiger partial charge in [-0.15, -0.1) is 0 Å². The molecular formula is C14H8BrF3N2O. The van der Waals surface area contributed by atoms with Gasteiger partial charge in [0, 0.05) is 0 Å². The van der Waals surface area contributed by atoms with E-state index in [-0.39, 0.29) is 17.2 Å². The van der Waals surface area contributed by atoms with Crippen molar-refractivity contribution < 1.29 is 17.9 Å². The molecule has 1 aromatic carbocycles. The Morgan fingerprint density at radius 3 is 2.52 bits per heavy atom. The van der Waals surface area contributed by atoms with Crippen LogP contribution in [-0.2, 0) is 6.18 Å². The average Bonchev–Trinajstić information content (AvgIpc) is 2.41. The number of halogens is 4. The first-order chi connectivity index (χ1) is 9.81. The maximum absolute atomic E-state index is 12.7. The van der Waals surface area contributed by atoms with Gasteiger partial charge in [0.1, 0.15) is 23.1 Å². The summed E-state index contributed by atoms with van der Waals surface area (Å²) >= 11 is 3.25. The van der Waals surface area contributed by atoms with Crippen LogP contribution in [0, 0.1) is 18.3 Å². The maximum Gasteiger partial charge on any atom is 0.433 e. The van der Waals surface area contributed by atoms with E-state index in [9.17, 15) is 13.2 Å². The Bertz CT molecular complexity index is 723. The molecular weight excluding hydrogens is 349 g/mol. The topological polar surface area (TPSA) is 45.9 Å². The van der Waals surface area contributed by atoms with Crippen molar-refractivity contribution in [3.63, 3.8) is 0 Å². The fourth-order valence-electron chi connectivity index (χ4n) is 1.55. The molecule has 0 atom stereocenters. The van der Waals surface area contributed by atoms with E-state index in [1.54, 1.807) is 24.3 Å². The first kappa shape index (κ1) is 15.3. The summed E-state index contributed by atoms with van der Waals surface area (Å²) in [6.07, 6.45) is -4.60. The van der Waals surface area contributed by atoms with Gasteiger partial charge in [-0.2, -0.15) is 18.4 Å². The molecule has 2 aromatic rings. The number of nitrogens with zero attached hydrogens (tertiary/aromatic N) is 2. The number of alkyl halides is 3. The average molecular weight is 357 g/mol. The molecule has 2 rings (SSSR count). The Hall–Kier alpha value is -2.07. The molecule has 0 bridgehead atoms. The number of pyridine rings is 1. The van der Waals surface area contributed by atoms with Gasteiger partial charge in [-0.05, 0) is 52.7 Å². The lowest BCUT2D eigenvalue weighted by Crippen LogP contribution is -2.09. The van der Waals surface area contributed by atoms with Crippen molar-refractivity contribution in [3.8, 4) is 17.7 Å². The van der Waals surface area contributed by atoms with Crippen LogP contribution < -0.4 is 4.74 Å². The Balaban J connectivity index is 2.45. The van der Waals surface area contributed by atoms with Crippen molar-refractivity contribution in [1.82, 2.24) is 4.98 Å². The van der Waals surface area contributed by atoms with Crippen molar-refractivity contribution in [2.75, 3.05) is 0 Å². The third-order valence-electron chi connectivity index (χ3n) is 2.57. The summed E-state index contributed by atoms with van der Waals surface area (Å²) in [5, 5.41) is 8.94. The van der Waals surface area contributed by atoms with Crippen molar-refractivity contribution >= 4 is 15.9 Å². The third-order valence-corrected chi connectivity index (χ3v) is 3.18. The van der Waals surface area contributed by atoms with E-state index in [0.717, 1.165) is 17.7 Å². The molecule has 108 valence electrons. The Labute approximate surface area is 127 Å². The van der Waals surface area contributed by atoms with Gasteiger partial charge < -0.3 is 4.74 Å². The molecule has 21 heavy (non-hydrogen) atoms. The van der Waals surface area contributed by atoms with Gasteiger partial charge in [0.15, 0.2) is 0 Å². The fourth-order valence-corrected chi connectivity index (χ4v) is 2.13. The minimum Gasteiger partial charge on any atom is -0.436 e. The summed E-state index contributed by atoms with van der Waals surface area (Å²) < 4.78 is 43.9. The predicted octanol–water partition coefficient (Wildman–Crippen LogP) is 4.84. The zero-order valence-corrected chi connectivity index (χ0v) is 12.3. The van der Waals surface area contributed by atoms with Crippen LogP contribution in [0.5, 0.6) is 11.6 Å². The lowest BCUT2D eigenvalue weighted by molar-refractivity contribution is -0.141. The van der Waals surface area contributed by atoms with E-state index in [1.807, 2.05) is 6.92 Å². The van der Waals surface area contributed by atoms with Crippen LogP contribution in [0.4, 0.5) is 13.2 Å². The minimum atomic E-state index is -4.60. The largest absolute Gasteiger partial charge is 0.436 e. The van der Waals surface area contributed by atoms with Crippen LogP contribution >= 0.6 is 15.9 Å². The van der Waals surface area contributed by atoms with Gasteiger partial charge in [0.05, 0.1) is 4.47 Å². The molecule has 1 aromatic heterocycles. The number of hydrogen-bond acceptors (Lipinski definition) is 3. The zero-order chi connectivity index (χ0) is 15.6. The van der Waals surface area contributed by atoms with Crippen LogP contribution in [0.1, 0.15) is 16.8 Å². The number of ether oxygens (including phenoxy) is 1. The van der Waals surface area contributed by atoms with E-state index >= 15 is 0 Å². The summed E-state index contributed by atoms with van der Waals surface area (Å²) in [6, 6.07) is 8.60. The number of benzene rings is 1. The second-order valence-electron chi connectivity index (χ2n) is 4.19. The fraction of sp³-hybridized carbons (Fsp3) is 0.143. The molecule has 7 heteroatoms. The Morgan fingerprint density at radius 2 is 1.95 bits per heavy atom. The van der Waals surface area contributed by atoms with Gasteiger partial charge in [-0.25, -0.2) is 4.98 Å². The maximum atomic E-state index is 12.7. The van der Waals surface area contributed by atoms with Gasteiger partial charge in [0.2, 0.25) is 5.88 Å². The quantitative estimate of drug-likeness (QED) is 0.773. The number of aromatic nitrogens is 1. The summed E-state index contributed by atoms with van der Waals surface area (Å²) in [5.41, 5.74) is -0.234. The van der Waals surface area contributed by atoms with Crippen molar-refractivity contribution in [1.29, 1.82) is 5.26 Å². The van der Waals surface area contributed by atoms with E-state index in [1.165, 1.54) is 0 Å². The van der Waals surface area contributed by atoms with Crippen molar-refractivity contribution in [3.05, 3.63) is 51.6 Å². The van der Waals surface area contributed by atoms with E-state index in [2.05, 4.69) is 20.9 Å². The molecule has 1 heterocycles. The summed E-state index contributed by atoms with van der Waals surface area (Å²) in [5.74, 6) is -0.0965. The molecule has 0 fully saturated rings. The van der Waals surface area contributed by atoms with Crippen molar-refractivity contribution in [2.24, 2.45) is 0 Å². The minimum absolute atomic E-state index is 0.0736. The summed E-state index contributed by atoms with van der Waals surface area (Å²) in [7, 11) is 0. The molecule has 3 nitrogen and oxygen atoms in total. The smallest absolute Gasteiger partial charge is 0.433 e. The summed E-state index contributed by atoms with van der Waals surface area (Å²) in [6.45, 7) is 1.86. The first-order valence-electron chi connectivity index (χ1n) is 5.73. The highest BCUT2D eigenvalue weighted by Gasteiger charge is 2.33. The lowest BCUT2D eigenvalue weighted by atomic mass is 10.2. The zero-order valence-electron chi connectivity index (χ0n) is 10.7. The standard InChI is InChI=1S/C14H8BrF3N2O/c1-8-2-4-11(10(15)6-8)21-13-9(7-19)3-5-12(20-13)14(16,17)18/h2-6H,1H3. The van der Waals surface area contributed by atoms with E-state index in [4.69, 9.17) is 10.00 Å². The molecule has 0 radical (unpaired) electrons. The van der Waals surface area contributed by atoms with Crippen LogP contribution in [0.15, 0.2) is 34.8 Å². The van der Waals surface area contributed by atoms with E-state index in [0.29, 0.717) is 4.47 Å². The van der Waals surface area contributed by atoms with Crippen LogP contribution in [0.25, 0.3) is 0 Å². The first-order valence-corrected chi connectivity index (χ1v) is 6.53. The molecule has 0 N–H and O–H groups in total. The highest BCUT2D eigenvalue weighted by molar-refractivity contribution is 9.10. The van der Waals surface area contributed by atoms with Gasteiger partial charge in [0.25, 0.3) is 0 Å². The third kappa shape index (κ3) is 3.52. The van der Waals surface area contributed by atoms with E-state index < -0.39 is 11.9 Å². The molecule has 0 aliphatic heterocycles. The predicted molar refractivity (Wildman–Crippen MR) is 72.9 cm³/mol. The van der Waals surface area contributed by atoms with Gasteiger partial charge >= 0.3 is 6.18 Å². The summed E-state index contributed by atoms with van der Waals surface area (Å²) in [4.78, 5) is 3.38. The molecule has 0 amide bonds. The van der Waals surface area contributed by atoms with Crippen LogP contribution in [0.3, 0.4) is 0 Å². The number of aryl methyl sites for hydroxylation is 1. The van der Waals surface area contributed by atoms with Crippen LogP contribution in [-0.4, -0.2) is 4.98 Å². The normalized spacial score (nSPS) is 11.0. The highest BCUT2D eigenvalue weighted by Crippen LogP contribution is 2.34. The molecule has 0 aliphatic rings. The van der Waals surface area contributed by atoms with Gasteiger partial charge in [-0.1, -0.05) is 6.07 Å². The monoisotopic (exact) mass is 356 g/mol. The molecule has 0 unspecified atom stereocenters. The van der Waals surface area contributed by atoms with Crippen LogP contribution in [0.2, 0.25) is 0 Å². The van der Waals surface area contributed by atoms with Gasteiger partial charge in [-0.3, -0.25) is 0 Å². The second-order valence-corrected chi connectivity index (χ2v) is 5.05. The highest BCUT2D eigenvalue weighted by atomic mass is 79.9. The molecule has 0 saturated heterocycles. The number of rotatable bonds is 2. The SMILES string of the molecule is Cc1ccc(Oc2nc(C(F)(F)F)ccc2C#N)c(Br)c1. The molecule has 0 saturated carbocycles. The second kappa shape index (κ2) is 5.74. The number of nitriles is 1. The lowest BCUT2D eigenvalue weighted by Gasteiger charge is -2.11.